The molecule has 1 unspecified atom stereocenters. The van der Waals surface area contributed by atoms with Crippen LogP contribution >= 0.6 is 0 Å². The molecule has 1 heteroatoms. The van der Waals surface area contributed by atoms with Crippen LogP contribution in [0, 0.1) is 11.3 Å². The van der Waals surface area contributed by atoms with Gasteiger partial charge in [0.15, 0.2) is 0 Å². The monoisotopic (exact) mass is 154 g/mol. The first kappa shape index (κ1) is 8.76. The maximum absolute atomic E-state index is 11.4. The highest BCUT2D eigenvalue weighted by Crippen LogP contribution is 2.35. The Morgan fingerprint density at radius 1 is 1.27 bits per heavy atom. The summed E-state index contributed by atoms with van der Waals surface area (Å²) < 4.78 is 0. The Balaban J connectivity index is 2.62. The second-order valence-electron chi connectivity index (χ2n) is 4.63. The lowest BCUT2D eigenvalue weighted by atomic mass is 9.72. The van der Waals surface area contributed by atoms with E-state index in [4.69, 9.17) is 0 Å². The maximum Gasteiger partial charge on any atom is 0.136 e. The van der Waals surface area contributed by atoms with Crippen molar-refractivity contribution in [3.63, 3.8) is 0 Å². The molecule has 0 spiro atoms. The lowest BCUT2D eigenvalue weighted by Gasteiger charge is -2.32. The van der Waals surface area contributed by atoms with Crippen LogP contribution in [0.2, 0.25) is 0 Å². The maximum atomic E-state index is 11.4. The fraction of sp³-hybridized carbons (Fsp3) is 0.900. The summed E-state index contributed by atoms with van der Waals surface area (Å²) in [5, 5.41) is 0. The van der Waals surface area contributed by atoms with Gasteiger partial charge < -0.3 is 0 Å². The van der Waals surface area contributed by atoms with Crippen molar-refractivity contribution in [3.05, 3.63) is 0 Å². The third-order valence-electron chi connectivity index (χ3n) is 2.60. The lowest BCUT2D eigenvalue weighted by molar-refractivity contribution is -0.128. The summed E-state index contributed by atoms with van der Waals surface area (Å²) in [5.41, 5.74) is 0.192. The van der Waals surface area contributed by atoms with E-state index in [1.54, 1.807) is 0 Å². The van der Waals surface area contributed by atoms with E-state index in [9.17, 15) is 4.79 Å². The van der Waals surface area contributed by atoms with Gasteiger partial charge in [0.05, 0.1) is 0 Å². The van der Waals surface area contributed by atoms with E-state index in [0.29, 0.717) is 11.7 Å². The number of ketones is 1. The first-order chi connectivity index (χ1) is 5.02. The molecule has 0 N–H and O–H groups in total. The minimum atomic E-state index is 0.192. The highest BCUT2D eigenvalue weighted by molar-refractivity contribution is 5.82. The predicted octanol–water partition coefficient (Wildman–Crippen LogP) is 2.79. The molecule has 1 rings (SSSR count). The number of hydrogen-bond acceptors (Lipinski definition) is 1. The summed E-state index contributed by atoms with van der Waals surface area (Å²) >= 11 is 0. The van der Waals surface area contributed by atoms with Crippen molar-refractivity contribution < 1.29 is 4.79 Å². The number of rotatable bonds is 0. The molecule has 0 aliphatic heterocycles. The summed E-state index contributed by atoms with van der Waals surface area (Å²) in [6, 6.07) is 0. The molecule has 1 aliphatic carbocycles. The van der Waals surface area contributed by atoms with E-state index in [-0.39, 0.29) is 5.41 Å². The quantitative estimate of drug-likeness (QED) is 0.524. The summed E-state index contributed by atoms with van der Waals surface area (Å²) in [6.07, 6.45) is 4.30. The Labute approximate surface area is 69.2 Å². The van der Waals surface area contributed by atoms with Gasteiger partial charge in [0.2, 0.25) is 0 Å². The number of carbonyl (C=O) groups excluding carboxylic acids is 1. The Morgan fingerprint density at radius 2 is 1.91 bits per heavy atom. The van der Waals surface area contributed by atoms with Gasteiger partial charge >= 0.3 is 0 Å². The fourth-order valence-corrected chi connectivity index (χ4v) is 1.90. The first-order valence-electron chi connectivity index (χ1n) is 4.54. The lowest BCUT2D eigenvalue weighted by Crippen LogP contribution is -2.30. The Kier molecular flexibility index (Phi) is 2.36. The molecule has 1 nitrogen and oxygen atoms in total. The van der Waals surface area contributed by atoms with Crippen molar-refractivity contribution in [1.82, 2.24) is 0 Å². The minimum Gasteiger partial charge on any atom is -0.299 e. The molecule has 1 atom stereocenters. The van der Waals surface area contributed by atoms with Gasteiger partial charge in [-0.1, -0.05) is 27.2 Å². The predicted molar refractivity (Wildman–Crippen MR) is 46.4 cm³/mol. The summed E-state index contributed by atoms with van der Waals surface area (Å²) in [7, 11) is 0. The molecular weight excluding hydrogens is 136 g/mol. The third-order valence-corrected chi connectivity index (χ3v) is 2.60. The topological polar surface area (TPSA) is 17.1 Å². The van der Waals surface area contributed by atoms with E-state index in [0.717, 1.165) is 19.3 Å². The number of hydrogen-bond donors (Lipinski definition) is 0. The van der Waals surface area contributed by atoms with Gasteiger partial charge in [-0.3, -0.25) is 4.79 Å². The molecule has 1 fully saturated rings. The molecule has 0 bridgehead atoms. The first-order valence-corrected chi connectivity index (χ1v) is 4.54. The second-order valence-corrected chi connectivity index (χ2v) is 4.63. The van der Waals surface area contributed by atoms with Crippen molar-refractivity contribution in [2.24, 2.45) is 11.3 Å². The second kappa shape index (κ2) is 2.96. The Hall–Kier alpha value is -0.330. The van der Waals surface area contributed by atoms with Crippen LogP contribution in [0.4, 0.5) is 0 Å². The summed E-state index contributed by atoms with van der Waals surface area (Å²) in [5.74, 6) is 0.819. The molecule has 0 aromatic heterocycles. The zero-order chi connectivity index (χ0) is 8.48. The van der Waals surface area contributed by atoms with Crippen LogP contribution in [-0.2, 0) is 4.79 Å². The molecule has 11 heavy (non-hydrogen) atoms. The molecule has 0 amide bonds. The average molecular weight is 154 g/mol. The van der Waals surface area contributed by atoms with E-state index in [1.165, 1.54) is 6.42 Å². The van der Waals surface area contributed by atoms with Crippen LogP contribution in [0.5, 0.6) is 0 Å². The van der Waals surface area contributed by atoms with Crippen LogP contribution in [0.3, 0.4) is 0 Å². The van der Waals surface area contributed by atoms with Crippen molar-refractivity contribution >= 4 is 5.78 Å². The molecule has 0 aromatic rings. The molecule has 0 radical (unpaired) electrons. The molecule has 0 heterocycles. The molecule has 0 aromatic carbocycles. The zero-order valence-corrected chi connectivity index (χ0v) is 7.81. The van der Waals surface area contributed by atoms with Gasteiger partial charge in [-0.25, -0.2) is 0 Å². The van der Waals surface area contributed by atoms with Gasteiger partial charge in [0, 0.05) is 12.3 Å². The molecular formula is C10H18O. The van der Waals surface area contributed by atoms with E-state index < -0.39 is 0 Å². The van der Waals surface area contributed by atoms with Gasteiger partial charge in [-0.05, 0) is 18.3 Å². The Morgan fingerprint density at radius 3 is 2.27 bits per heavy atom. The largest absolute Gasteiger partial charge is 0.299 e. The van der Waals surface area contributed by atoms with E-state index in [2.05, 4.69) is 20.8 Å². The smallest absolute Gasteiger partial charge is 0.136 e. The van der Waals surface area contributed by atoms with Crippen molar-refractivity contribution in [3.8, 4) is 0 Å². The van der Waals surface area contributed by atoms with E-state index >= 15 is 0 Å². The van der Waals surface area contributed by atoms with Crippen LogP contribution in [-0.4, -0.2) is 5.78 Å². The van der Waals surface area contributed by atoms with Crippen molar-refractivity contribution in [1.29, 1.82) is 0 Å². The fourth-order valence-electron chi connectivity index (χ4n) is 1.90. The van der Waals surface area contributed by atoms with Crippen LogP contribution in [0.15, 0.2) is 0 Å². The summed E-state index contributed by atoms with van der Waals surface area (Å²) in [6.45, 7) is 6.50. The standard InChI is InChI=1S/C10H18O/c1-10(2,3)8-6-4-5-7-9(8)11/h8H,4-7H2,1-3H3. The average Bonchev–Trinajstić information content (AvgIpc) is 1.86. The third kappa shape index (κ3) is 2.05. The minimum absolute atomic E-state index is 0.192. The normalized spacial score (nSPS) is 27.2. The highest BCUT2D eigenvalue weighted by Gasteiger charge is 2.32. The van der Waals surface area contributed by atoms with Crippen LogP contribution in [0.25, 0.3) is 0 Å². The molecule has 0 saturated heterocycles. The van der Waals surface area contributed by atoms with Gasteiger partial charge in [-0.15, -0.1) is 0 Å². The van der Waals surface area contributed by atoms with Crippen molar-refractivity contribution in [2.45, 2.75) is 46.5 Å². The van der Waals surface area contributed by atoms with E-state index in [1.807, 2.05) is 0 Å². The van der Waals surface area contributed by atoms with Gasteiger partial charge in [0.25, 0.3) is 0 Å². The zero-order valence-electron chi connectivity index (χ0n) is 7.81. The van der Waals surface area contributed by atoms with Crippen molar-refractivity contribution in [2.75, 3.05) is 0 Å². The van der Waals surface area contributed by atoms with Crippen LogP contribution < -0.4 is 0 Å². The molecule has 1 aliphatic rings. The SMILES string of the molecule is CC(C)(C)C1CCCCC1=O. The van der Waals surface area contributed by atoms with Crippen LogP contribution in [0.1, 0.15) is 46.5 Å². The Bertz CT molecular complexity index is 153. The van der Waals surface area contributed by atoms with Gasteiger partial charge in [-0.2, -0.15) is 0 Å². The summed E-state index contributed by atoms with van der Waals surface area (Å²) in [4.78, 5) is 11.4. The highest BCUT2D eigenvalue weighted by atomic mass is 16.1. The molecule has 64 valence electrons. The number of carbonyl (C=O) groups is 1. The number of Topliss-reactive ketones (excluding diaryl/α,β-unsaturated/α-hetero) is 1. The molecule has 1 saturated carbocycles. The van der Waals surface area contributed by atoms with Gasteiger partial charge in [0.1, 0.15) is 5.78 Å².